The summed E-state index contributed by atoms with van der Waals surface area (Å²) >= 11 is 3.11. The molecule has 0 saturated heterocycles. The first-order valence-corrected chi connectivity index (χ1v) is 6.73. The molecule has 0 aliphatic heterocycles. The molecule has 2 nitrogen and oxygen atoms in total. The zero-order chi connectivity index (χ0) is 13.6. The summed E-state index contributed by atoms with van der Waals surface area (Å²) in [6.45, 7) is 4.45. The molecule has 0 N–H and O–H groups in total. The van der Waals surface area contributed by atoms with Crippen molar-refractivity contribution in [3.8, 4) is 11.8 Å². The summed E-state index contributed by atoms with van der Waals surface area (Å²) in [5.41, 5.74) is -0.265. The van der Waals surface area contributed by atoms with E-state index in [9.17, 15) is 4.39 Å². The zero-order valence-corrected chi connectivity index (χ0v) is 12.3. The molecule has 0 heterocycles. The zero-order valence-electron chi connectivity index (χ0n) is 10.7. The highest BCUT2D eigenvalue weighted by atomic mass is 79.9. The number of rotatable bonds is 6. The Morgan fingerprint density at radius 2 is 2.11 bits per heavy atom. The van der Waals surface area contributed by atoms with Gasteiger partial charge in [0, 0.05) is 0 Å². The molecule has 98 valence electrons. The minimum atomic E-state index is -0.293. The maximum Gasteiger partial charge on any atom is 0.137 e. The number of nitrogens with zero attached hydrogens (tertiary/aromatic N) is 1. The molecular formula is C14H17BrFNO. The van der Waals surface area contributed by atoms with E-state index >= 15 is 0 Å². The SMILES string of the molecule is CC(C)(C#N)CCCCOc1ccc(F)c(Br)c1. The first kappa shape index (κ1) is 15.0. The fourth-order valence-corrected chi connectivity index (χ4v) is 1.84. The molecule has 0 atom stereocenters. The Labute approximate surface area is 116 Å². The maximum atomic E-state index is 13.0. The largest absolute Gasteiger partial charge is 0.494 e. The van der Waals surface area contributed by atoms with E-state index in [1.807, 2.05) is 13.8 Å². The minimum Gasteiger partial charge on any atom is -0.494 e. The third-order valence-corrected chi connectivity index (χ3v) is 3.27. The van der Waals surface area contributed by atoms with E-state index in [1.165, 1.54) is 6.07 Å². The highest BCUT2D eigenvalue weighted by molar-refractivity contribution is 9.10. The van der Waals surface area contributed by atoms with E-state index in [0.717, 1.165) is 19.3 Å². The van der Waals surface area contributed by atoms with Crippen LogP contribution in [0.3, 0.4) is 0 Å². The summed E-state index contributed by atoms with van der Waals surface area (Å²) in [4.78, 5) is 0. The first-order chi connectivity index (χ1) is 8.44. The van der Waals surface area contributed by atoms with E-state index in [1.54, 1.807) is 12.1 Å². The smallest absolute Gasteiger partial charge is 0.137 e. The molecule has 0 aliphatic carbocycles. The van der Waals surface area contributed by atoms with Gasteiger partial charge in [-0.1, -0.05) is 0 Å². The van der Waals surface area contributed by atoms with Crippen LogP contribution >= 0.6 is 15.9 Å². The van der Waals surface area contributed by atoms with Gasteiger partial charge in [0.15, 0.2) is 0 Å². The molecule has 0 fully saturated rings. The van der Waals surface area contributed by atoms with Crippen molar-refractivity contribution in [3.63, 3.8) is 0 Å². The second kappa shape index (κ2) is 6.75. The molecule has 0 aliphatic rings. The van der Waals surface area contributed by atoms with E-state index in [2.05, 4.69) is 22.0 Å². The van der Waals surface area contributed by atoms with Gasteiger partial charge in [-0.25, -0.2) is 4.39 Å². The van der Waals surface area contributed by atoms with Crippen molar-refractivity contribution in [1.82, 2.24) is 0 Å². The molecule has 1 aromatic rings. The van der Waals surface area contributed by atoms with Crippen molar-refractivity contribution in [1.29, 1.82) is 5.26 Å². The average Bonchev–Trinajstić information content (AvgIpc) is 2.33. The molecule has 4 heteroatoms. The van der Waals surface area contributed by atoms with Gasteiger partial charge in [0.2, 0.25) is 0 Å². The molecule has 0 unspecified atom stereocenters. The highest BCUT2D eigenvalue weighted by Crippen LogP contribution is 2.23. The van der Waals surface area contributed by atoms with Gasteiger partial charge in [-0.15, -0.1) is 0 Å². The lowest BCUT2D eigenvalue weighted by molar-refractivity contribution is 0.294. The third kappa shape index (κ3) is 5.05. The van der Waals surface area contributed by atoms with Crippen LogP contribution in [0, 0.1) is 22.6 Å². The van der Waals surface area contributed by atoms with Crippen LogP contribution in [0.4, 0.5) is 4.39 Å². The molecule has 18 heavy (non-hydrogen) atoms. The Morgan fingerprint density at radius 1 is 1.39 bits per heavy atom. The highest BCUT2D eigenvalue weighted by Gasteiger charge is 2.15. The van der Waals surface area contributed by atoms with Gasteiger partial charge in [0.1, 0.15) is 11.6 Å². The Balaban J connectivity index is 2.26. The Morgan fingerprint density at radius 3 is 2.72 bits per heavy atom. The van der Waals surface area contributed by atoms with Crippen LogP contribution in [0.2, 0.25) is 0 Å². The summed E-state index contributed by atoms with van der Waals surface area (Å²) in [6, 6.07) is 6.88. The van der Waals surface area contributed by atoms with Gasteiger partial charge in [-0.2, -0.15) is 5.26 Å². The number of nitriles is 1. The van der Waals surface area contributed by atoms with E-state index in [0.29, 0.717) is 16.8 Å². The van der Waals surface area contributed by atoms with Gasteiger partial charge < -0.3 is 4.74 Å². The Kier molecular flexibility index (Phi) is 5.61. The number of ether oxygens (including phenoxy) is 1. The van der Waals surface area contributed by atoms with E-state index < -0.39 is 0 Å². The van der Waals surface area contributed by atoms with Crippen molar-refractivity contribution in [3.05, 3.63) is 28.5 Å². The van der Waals surface area contributed by atoms with Crippen LogP contribution in [0.15, 0.2) is 22.7 Å². The molecule has 1 rings (SSSR count). The van der Waals surface area contributed by atoms with Gasteiger partial charge >= 0.3 is 0 Å². The van der Waals surface area contributed by atoms with Gasteiger partial charge in [-0.05, 0) is 67.2 Å². The lowest BCUT2D eigenvalue weighted by Gasteiger charge is -2.14. The molecule has 1 aromatic carbocycles. The average molecular weight is 314 g/mol. The Hall–Kier alpha value is -1.08. The molecular weight excluding hydrogens is 297 g/mol. The van der Waals surface area contributed by atoms with Crippen LogP contribution in [-0.4, -0.2) is 6.61 Å². The number of hydrogen-bond acceptors (Lipinski definition) is 2. The molecule has 0 saturated carbocycles. The lowest BCUT2D eigenvalue weighted by Crippen LogP contribution is -2.08. The van der Waals surface area contributed by atoms with Crippen molar-refractivity contribution in [2.24, 2.45) is 5.41 Å². The second-order valence-corrected chi connectivity index (χ2v) is 5.73. The van der Waals surface area contributed by atoms with Crippen molar-refractivity contribution in [2.75, 3.05) is 6.61 Å². The van der Waals surface area contributed by atoms with Gasteiger partial charge in [0.25, 0.3) is 0 Å². The van der Waals surface area contributed by atoms with Crippen molar-refractivity contribution >= 4 is 15.9 Å². The number of hydrogen-bond donors (Lipinski definition) is 0. The van der Waals surface area contributed by atoms with Gasteiger partial charge in [0.05, 0.1) is 22.6 Å². The lowest BCUT2D eigenvalue weighted by atomic mass is 9.89. The standard InChI is InChI=1S/C14H17BrFNO/c1-14(2,10-17)7-3-4-8-18-11-5-6-13(16)12(15)9-11/h5-6,9H,3-4,7-8H2,1-2H3. The summed E-state index contributed by atoms with van der Waals surface area (Å²) in [6.07, 6.45) is 2.70. The predicted molar refractivity (Wildman–Crippen MR) is 72.8 cm³/mol. The summed E-state index contributed by atoms with van der Waals surface area (Å²) in [5.74, 6) is 0.362. The molecule has 0 aromatic heterocycles. The number of benzene rings is 1. The van der Waals surface area contributed by atoms with Crippen LogP contribution < -0.4 is 4.74 Å². The van der Waals surface area contributed by atoms with Crippen LogP contribution in [0.25, 0.3) is 0 Å². The molecule has 0 radical (unpaired) electrons. The molecule has 0 spiro atoms. The third-order valence-electron chi connectivity index (χ3n) is 2.66. The van der Waals surface area contributed by atoms with Crippen molar-refractivity contribution in [2.45, 2.75) is 33.1 Å². The summed E-state index contributed by atoms with van der Waals surface area (Å²) in [5, 5.41) is 8.86. The van der Waals surface area contributed by atoms with Gasteiger partial charge in [-0.3, -0.25) is 0 Å². The fourth-order valence-electron chi connectivity index (χ4n) is 1.48. The fraction of sp³-hybridized carbons (Fsp3) is 0.500. The number of unbranched alkanes of at least 4 members (excludes halogenated alkanes) is 1. The summed E-state index contributed by atoms with van der Waals surface area (Å²) < 4.78 is 18.9. The van der Waals surface area contributed by atoms with Crippen LogP contribution in [-0.2, 0) is 0 Å². The topological polar surface area (TPSA) is 33.0 Å². The van der Waals surface area contributed by atoms with Crippen LogP contribution in [0.1, 0.15) is 33.1 Å². The normalized spacial score (nSPS) is 11.1. The van der Waals surface area contributed by atoms with E-state index in [4.69, 9.17) is 10.00 Å². The summed E-state index contributed by atoms with van der Waals surface area (Å²) in [7, 11) is 0. The predicted octanol–water partition coefficient (Wildman–Crippen LogP) is 4.69. The van der Waals surface area contributed by atoms with E-state index in [-0.39, 0.29) is 11.2 Å². The van der Waals surface area contributed by atoms with Crippen molar-refractivity contribution < 1.29 is 9.13 Å². The monoisotopic (exact) mass is 313 g/mol. The number of halogens is 2. The second-order valence-electron chi connectivity index (χ2n) is 4.88. The maximum absolute atomic E-state index is 13.0. The van der Waals surface area contributed by atoms with Crippen LogP contribution in [0.5, 0.6) is 5.75 Å². The Bertz CT molecular complexity index is 440. The molecule has 0 amide bonds. The quantitative estimate of drug-likeness (QED) is 0.714. The minimum absolute atomic E-state index is 0.265. The molecule has 0 bridgehead atoms. The first-order valence-electron chi connectivity index (χ1n) is 5.94.